The van der Waals surface area contributed by atoms with Gasteiger partial charge in [-0.2, -0.15) is 0 Å². The fourth-order valence-corrected chi connectivity index (χ4v) is 5.42. The zero-order valence-corrected chi connectivity index (χ0v) is 17.7. The lowest BCUT2D eigenvalue weighted by Gasteiger charge is -2.33. The standard InChI is InChI=1S/C21H26N2O2S2/c1-5-10-22-19(25)17-14-9-8-13(21(2,3)4)12-16(14)27-20(17)23-18(24)15-7-6-11-26-15/h5-7,11,13H,1,8-10,12H2,2-4H3,(H,22,25)(H,23,24)/t13-/m0/s1. The molecule has 0 unspecified atom stereocenters. The SMILES string of the molecule is C=CCNC(=O)c1c(NC(=O)c2cccs2)sc2c1CC[C@H](C(C)(C)C)C2. The molecule has 2 aromatic heterocycles. The van der Waals surface area contributed by atoms with Crippen LogP contribution in [-0.4, -0.2) is 18.4 Å². The monoisotopic (exact) mass is 402 g/mol. The molecule has 0 saturated heterocycles. The van der Waals surface area contributed by atoms with E-state index in [0.717, 1.165) is 24.8 Å². The van der Waals surface area contributed by atoms with E-state index in [1.165, 1.54) is 16.2 Å². The topological polar surface area (TPSA) is 58.2 Å². The van der Waals surface area contributed by atoms with E-state index in [2.05, 4.69) is 38.0 Å². The second-order valence-corrected chi connectivity index (χ2v) is 10.00. The van der Waals surface area contributed by atoms with Crippen molar-refractivity contribution in [2.75, 3.05) is 11.9 Å². The van der Waals surface area contributed by atoms with Gasteiger partial charge in [-0.05, 0) is 47.6 Å². The molecule has 0 saturated carbocycles. The Labute approximate surface area is 168 Å². The van der Waals surface area contributed by atoms with Gasteiger partial charge in [0.2, 0.25) is 0 Å². The van der Waals surface area contributed by atoms with E-state index in [1.807, 2.05) is 11.4 Å². The van der Waals surface area contributed by atoms with Crippen molar-refractivity contribution in [3.63, 3.8) is 0 Å². The van der Waals surface area contributed by atoms with Gasteiger partial charge in [-0.1, -0.05) is 32.9 Å². The van der Waals surface area contributed by atoms with Crippen LogP contribution < -0.4 is 10.6 Å². The summed E-state index contributed by atoms with van der Waals surface area (Å²) in [6.07, 6.45) is 4.56. The minimum atomic E-state index is -0.159. The number of fused-ring (bicyclic) bond motifs is 1. The normalized spacial score (nSPS) is 16.5. The Morgan fingerprint density at radius 2 is 2.11 bits per heavy atom. The van der Waals surface area contributed by atoms with Gasteiger partial charge in [0.1, 0.15) is 5.00 Å². The van der Waals surface area contributed by atoms with E-state index in [-0.39, 0.29) is 17.2 Å². The van der Waals surface area contributed by atoms with E-state index in [0.29, 0.717) is 27.9 Å². The molecule has 1 aliphatic rings. The number of carbonyl (C=O) groups is 2. The number of hydrogen-bond donors (Lipinski definition) is 2. The molecule has 2 N–H and O–H groups in total. The molecule has 0 radical (unpaired) electrons. The second-order valence-electron chi connectivity index (χ2n) is 7.94. The van der Waals surface area contributed by atoms with Crippen LogP contribution >= 0.6 is 22.7 Å². The van der Waals surface area contributed by atoms with Crippen molar-refractivity contribution in [1.82, 2.24) is 5.32 Å². The Hall–Kier alpha value is -1.92. The summed E-state index contributed by atoms with van der Waals surface area (Å²) in [5, 5.41) is 8.40. The molecular formula is C21H26N2O2S2. The molecule has 0 aliphatic heterocycles. The van der Waals surface area contributed by atoms with Gasteiger partial charge in [0, 0.05) is 11.4 Å². The summed E-state index contributed by atoms with van der Waals surface area (Å²) >= 11 is 2.95. The Kier molecular flexibility index (Phi) is 5.86. The third kappa shape index (κ3) is 4.33. The third-order valence-corrected chi connectivity index (χ3v) is 7.13. The molecule has 2 heterocycles. The summed E-state index contributed by atoms with van der Waals surface area (Å²) in [6, 6.07) is 3.64. The van der Waals surface area contributed by atoms with Gasteiger partial charge in [0.25, 0.3) is 11.8 Å². The maximum absolute atomic E-state index is 12.8. The first-order valence-corrected chi connectivity index (χ1v) is 10.9. The van der Waals surface area contributed by atoms with Crippen molar-refractivity contribution < 1.29 is 9.59 Å². The molecule has 27 heavy (non-hydrogen) atoms. The van der Waals surface area contributed by atoms with E-state index in [1.54, 1.807) is 23.5 Å². The lowest BCUT2D eigenvalue weighted by molar-refractivity contribution is 0.0957. The van der Waals surface area contributed by atoms with Crippen molar-refractivity contribution >= 4 is 39.5 Å². The highest BCUT2D eigenvalue weighted by atomic mass is 32.1. The third-order valence-electron chi connectivity index (χ3n) is 5.10. The molecule has 3 rings (SSSR count). The molecule has 144 valence electrons. The van der Waals surface area contributed by atoms with Gasteiger partial charge in [-0.25, -0.2) is 0 Å². The van der Waals surface area contributed by atoms with E-state index < -0.39 is 0 Å². The second kappa shape index (κ2) is 7.98. The molecule has 2 aromatic rings. The van der Waals surface area contributed by atoms with Crippen molar-refractivity contribution in [2.45, 2.75) is 40.0 Å². The summed E-state index contributed by atoms with van der Waals surface area (Å²) in [6.45, 7) is 10.9. The summed E-state index contributed by atoms with van der Waals surface area (Å²) in [5.74, 6) is 0.283. The highest BCUT2D eigenvalue weighted by Crippen LogP contribution is 2.44. The molecule has 1 atom stereocenters. The maximum atomic E-state index is 12.8. The summed E-state index contributed by atoms with van der Waals surface area (Å²) in [4.78, 5) is 27.2. The number of anilines is 1. The van der Waals surface area contributed by atoms with Gasteiger partial charge in [0.15, 0.2) is 0 Å². The zero-order chi connectivity index (χ0) is 19.6. The van der Waals surface area contributed by atoms with Crippen LogP contribution in [0.5, 0.6) is 0 Å². The number of amides is 2. The fraction of sp³-hybridized carbons (Fsp3) is 0.429. The molecule has 1 aliphatic carbocycles. The molecule has 0 spiro atoms. The molecule has 6 heteroatoms. The minimum absolute atomic E-state index is 0.136. The number of hydrogen-bond acceptors (Lipinski definition) is 4. The molecular weight excluding hydrogens is 376 g/mol. The Balaban J connectivity index is 1.94. The van der Waals surface area contributed by atoms with Gasteiger partial charge in [-0.15, -0.1) is 29.3 Å². The van der Waals surface area contributed by atoms with Crippen LogP contribution in [-0.2, 0) is 12.8 Å². The largest absolute Gasteiger partial charge is 0.348 e. The molecule has 2 amide bonds. The predicted octanol–water partition coefficient (Wildman–Crippen LogP) is 5.13. The number of thiophene rings is 2. The number of rotatable bonds is 5. The van der Waals surface area contributed by atoms with E-state index >= 15 is 0 Å². The highest BCUT2D eigenvalue weighted by Gasteiger charge is 2.34. The van der Waals surface area contributed by atoms with Crippen LogP contribution in [0.25, 0.3) is 0 Å². The zero-order valence-electron chi connectivity index (χ0n) is 16.1. The Morgan fingerprint density at radius 3 is 2.74 bits per heavy atom. The molecule has 0 aromatic carbocycles. The first-order valence-electron chi connectivity index (χ1n) is 9.19. The van der Waals surface area contributed by atoms with Gasteiger partial charge in [0.05, 0.1) is 10.4 Å². The minimum Gasteiger partial charge on any atom is -0.348 e. The lowest BCUT2D eigenvalue weighted by atomic mass is 9.72. The average molecular weight is 403 g/mol. The van der Waals surface area contributed by atoms with Crippen molar-refractivity contribution in [3.05, 3.63) is 51.0 Å². The summed E-state index contributed by atoms with van der Waals surface area (Å²) < 4.78 is 0. The van der Waals surface area contributed by atoms with Crippen LogP contribution in [0.1, 0.15) is 57.7 Å². The highest BCUT2D eigenvalue weighted by molar-refractivity contribution is 7.17. The number of nitrogens with one attached hydrogen (secondary N) is 2. The lowest BCUT2D eigenvalue weighted by Crippen LogP contribution is -2.28. The smallest absolute Gasteiger partial charge is 0.266 e. The Bertz CT molecular complexity index is 844. The summed E-state index contributed by atoms with van der Waals surface area (Å²) in [7, 11) is 0. The maximum Gasteiger partial charge on any atom is 0.266 e. The van der Waals surface area contributed by atoms with Crippen LogP contribution in [0.2, 0.25) is 0 Å². The Morgan fingerprint density at radius 1 is 1.33 bits per heavy atom. The van der Waals surface area contributed by atoms with E-state index in [4.69, 9.17) is 0 Å². The molecule has 4 nitrogen and oxygen atoms in total. The quantitative estimate of drug-likeness (QED) is 0.681. The van der Waals surface area contributed by atoms with Crippen LogP contribution in [0.4, 0.5) is 5.00 Å². The van der Waals surface area contributed by atoms with E-state index in [9.17, 15) is 9.59 Å². The average Bonchev–Trinajstić information content (AvgIpc) is 3.25. The molecule has 0 fully saturated rings. The van der Waals surface area contributed by atoms with Crippen LogP contribution in [0, 0.1) is 11.3 Å². The fourth-order valence-electron chi connectivity index (χ4n) is 3.48. The number of carbonyl (C=O) groups excluding carboxylic acids is 2. The first kappa shape index (κ1) is 19.8. The van der Waals surface area contributed by atoms with Crippen LogP contribution in [0.3, 0.4) is 0 Å². The van der Waals surface area contributed by atoms with Crippen LogP contribution in [0.15, 0.2) is 30.2 Å². The predicted molar refractivity (Wildman–Crippen MR) is 114 cm³/mol. The first-order chi connectivity index (χ1) is 12.8. The summed E-state index contributed by atoms with van der Waals surface area (Å²) in [5.41, 5.74) is 1.96. The van der Waals surface area contributed by atoms with Crippen molar-refractivity contribution in [1.29, 1.82) is 0 Å². The molecule has 0 bridgehead atoms. The van der Waals surface area contributed by atoms with Crippen molar-refractivity contribution in [2.24, 2.45) is 11.3 Å². The van der Waals surface area contributed by atoms with Gasteiger partial charge < -0.3 is 10.6 Å². The van der Waals surface area contributed by atoms with Gasteiger partial charge in [-0.3, -0.25) is 9.59 Å². The van der Waals surface area contributed by atoms with Gasteiger partial charge >= 0.3 is 0 Å². The van der Waals surface area contributed by atoms with Crippen molar-refractivity contribution in [3.8, 4) is 0 Å².